The molecule has 1 N–H and O–H groups in total. The Morgan fingerprint density at radius 2 is 1.83 bits per heavy atom. The van der Waals surface area contributed by atoms with Crippen molar-refractivity contribution in [1.29, 1.82) is 0 Å². The quantitative estimate of drug-likeness (QED) is 0.0959. The minimum absolute atomic E-state index is 0.0589. The highest BCUT2D eigenvalue weighted by Gasteiger charge is 2.23. The maximum absolute atomic E-state index is 13.9. The molecule has 0 saturated carbocycles. The van der Waals surface area contributed by atoms with E-state index >= 15 is 0 Å². The van der Waals surface area contributed by atoms with Crippen LogP contribution in [0.2, 0.25) is 0 Å². The van der Waals surface area contributed by atoms with Crippen molar-refractivity contribution in [2.45, 2.75) is 37.8 Å². The zero-order valence-corrected chi connectivity index (χ0v) is 24.1. The Kier molecular flexibility index (Phi) is 7.98. The van der Waals surface area contributed by atoms with Gasteiger partial charge in [0.15, 0.2) is 5.16 Å². The number of nitrogens with one attached hydrogen (secondary N) is 1. The highest BCUT2D eigenvalue weighted by Crippen LogP contribution is 2.35. The highest BCUT2D eigenvalue weighted by molar-refractivity contribution is 7.99. The van der Waals surface area contributed by atoms with Crippen LogP contribution in [-0.2, 0) is 17.6 Å². The average Bonchev–Trinajstić information content (AvgIpc) is 3.36. The van der Waals surface area contributed by atoms with Crippen molar-refractivity contribution in [3.63, 3.8) is 0 Å². The van der Waals surface area contributed by atoms with E-state index < -0.39 is 0 Å². The summed E-state index contributed by atoms with van der Waals surface area (Å²) in [4.78, 5) is 33.5. The second-order valence-electron chi connectivity index (χ2n) is 9.83. The summed E-state index contributed by atoms with van der Waals surface area (Å²) in [7, 11) is 0. The largest absolute Gasteiger partial charge is 0.457 e. The predicted molar refractivity (Wildman–Crippen MR) is 166 cm³/mol. The van der Waals surface area contributed by atoms with Gasteiger partial charge in [0.2, 0.25) is 0 Å². The molecule has 0 bridgehead atoms. The van der Waals surface area contributed by atoms with Gasteiger partial charge in [0, 0.05) is 4.88 Å². The monoisotopic (exact) mass is 580 g/mol. The van der Waals surface area contributed by atoms with E-state index in [0.717, 1.165) is 64.0 Å². The minimum atomic E-state index is -0.293. The van der Waals surface area contributed by atoms with Crippen molar-refractivity contribution in [3.8, 4) is 17.2 Å². The van der Waals surface area contributed by atoms with Crippen molar-refractivity contribution in [1.82, 2.24) is 15.0 Å². The molecule has 2 heterocycles. The Morgan fingerprint density at radius 1 is 1.05 bits per heavy atom. The molecule has 1 aliphatic rings. The summed E-state index contributed by atoms with van der Waals surface area (Å²) in [6, 6.07) is 24.8. The van der Waals surface area contributed by atoms with Crippen LogP contribution in [0.5, 0.6) is 11.5 Å². The average molecular weight is 581 g/mol. The van der Waals surface area contributed by atoms with E-state index in [-0.39, 0.29) is 17.2 Å². The van der Waals surface area contributed by atoms with Crippen molar-refractivity contribution in [3.05, 3.63) is 111 Å². The van der Waals surface area contributed by atoms with Gasteiger partial charge in [-0.15, -0.1) is 11.3 Å². The van der Waals surface area contributed by atoms with Crippen LogP contribution in [0.3, 0.4) is 0 Å². The number of hydrogen-bond acceptors (Lipinski definition) is 7. The first-order chi connectivity index (χ1) is 20.0. The molecule has 1 amide bonds. The zero-order valence-electron chi connectivity index (χ0n) is 22.5. The predicted octanol–water partition coefficient (Wildman–Crippen LogP) is 6.67. The molecule has 2 aromatic heterocycles. The molecule has 41 heavy (non-hydrogen) atoms. The number of benzene rings is 3. The van der Waals surface area contributed by atoms with E-state index in [1.165, 1.54) is 16.6 Å². The Labute approximate surface area is 245 Å². The summed E-state index contributed by atoms with van der Waals surface area (Å²) >= 11 is 2.84. The topological polar surface area (TPSA) is 85.6 Å². The molecule has 0 saturated heterocycles. The molecular formula is C32H28N4O3S2. The van der Waals surface area contributed by atoms with E-state index in [4.69, 9.17) is 9.72 Å². The lowest BCUT2D eigenvalue weighted by molar-refractivity contribution is -0.118. The smallest absolute Gasteiger partial charge is 0.267 e. The molecule has 0 unspecified atom stereocenters. The SMILES string of the molecule is Cc1ccc(-n2c(SCC(=O)NN=Cc3cccc(Oc4ccccc4)c3)nc3sc4c(c3c2=O)CCCC4)cc1. The number of hydrazone groups is 1. The number of aromatic nitrogens is 2. The van der Waals surface area contributed by atoms with Gasteiger partial charge < -0.3 is 4.74 Å². The number of amides is 1. The Balaban J connectivity index is 1.19. The Bertz CT molecular complexity index is 1790. The molecule has 0 fully saturated rings. The number of hydrogen-bond donors (Lipinski definition) is 1. The number of rotatable bonds is 8. The van der Waals surface area contributed by atoms with Gasteiger partial charge in [-0.2, -0.15) is 5.10 Å². The molecule has 7 nitrogen and oxygen atoms in total. The molecule has 0 spiro atoms. The van der Waals surface area contributed by atoms with E-state index in [0.29, 0.717) is 10.9 Å². The number of thioether (sulfide) groups is 1. The van der Waals surface area contributed by atoms with Gasteiger partial charge in [0.05, 0.1) is 23.0 Å². The number of aryl methyl sites for hydroxylation is 3. The lowest BCUT2D eigenvalue weighted by Gasteiger charge is -2.13. The molecule has 0 aliphatic heterocycles. The number of para-hydroxylation sites is 1. The fourth-order valence-electron chi connectivity index (χ4n) is 4.83. The number of nitrogens with zero attached hydrogens (tertiary/aromatic N) is 3. The van der Waals surface area contributed by atoms with Crippen LogP contribution in [0.25, 0.3) is 15.9 Å². The fraction of sp³-hybridized carbons (Fsp3) is 0.188. The van der Waals surface area contributed by atoms with Gasteiger partial charge in [0.1, 0.15) is 16.3 Å². The summed E-state index contributed by atoms with van der Waals surface area (Å²) in [6.45, 7) is 2.01. The van der Waals surface area contributed by atoms with Crippen LogP contribution in [0.1, 0.15) is 34.4 Å². The fourth-order valence-corrected chi connectivity index (χ4v) is 6.94. The van der Waals surface area contributed by atoms with Crippen molar-refractivity contribution in [2.24, 2.45) is 5.10 Å². The van der Waals surface area contributed by atoms with Crippen LogP contribution in [0.4, 0.5) is 0 Å². The first kappa shape index (κ1) is 27.0. The third-order valence-electron chi connectivity index (χ3n) is 6.82. The second kappa shape index (κ2) is 12.1. The summed E-state index contributed by atoms with van der Waals surface area (Å²) in [5, 5.41) is 5.34. The van der Waals surface area contributed by atoms with Gasteiger partial charge in [-0.3, -0.25) is 14.2 Å². The van der Waals surface area contributed by atoms with Crippen molar-refractivity contribution in [2.75, 3.05) is 5.75 Å². The zero-order chi connectivity index (χ0) is 28.2. The molecule has 0 radical (unpaired) electrons. The van der Waals surface area contributed by atoms with Crippen LogP contribution in [0, 0.1) is 6.92 Å². The van der Waals surface area contributed by atoms with Crippen LogP contribution >= 0.6 is 23.1 Å². The second-order valence-corrected chi connectivity index (χ2v) is 11.9. The number of carbonyl (C=O) groups is 1. The highest BCUT2D eigenvalue weighted by atomic mass is 32.2. The number of fused-ring (bicyclic) bond motifs is 3. The maximum Gasteiger partial charge on any atom is 0.267 e. The first-order valence-electron chi connectivity index (χ1n) is 13.5. The third kappa shape index (κ3) is 6.11. The number of thiophene rings is 1. The van der Waals surface area contributed by atoms with E-state index in [2.05, 4.69) is 10.5 Å². The molecule has 9 heteroatoms. The maximum atomic E-state index is 13.9. The normalized spacial score (nSPS) is 12.9. The van der Waals surface area contributed by atoms with E-state index in [9.17, 15) is 9.59 Å². The molecular weight excluding hydrogens is 553 g/mol. The number of carbonyl (C=O) groups excluding carboxylic acids is 1. The summed E-state index contributed by atoms with van der Waals surface area (Å²) in [5.41, 5.74) is 6.29. The van der Waals surface area contributed by atoms with Crippen LogP contribution in [-0.4, -0.2) is 27.4 Å². The lowest BCUT2D eigenvalue weighted by atomic mass is 9.97. The van der Waals surface area contributed by atoms with E-state index in [1.54, 1.807) is 22.1 Å². The first-order valence-corrected chi connectivity index (χ1v) is 15.3. The van der Waals surface area contributed by atoms with Gasteiger partial charge in [-0.25, -0.2) is 10.4 Å². The molecule has 5 aromatic rings. The van der Waals surface area contributed by atoms with Gasteiger partial charge in [-0.05, 0) is 80.1 Å². The van der Waals surface area contributed by atoms with Gasteiger partial charge in [-0.1, -0.05) is 59.8 Å². The van der Waals surface area contributed by atoms with Crippen molar-refractivity contribution < 1.29 is 9.53 Å². The number of ether oxygens (including phenoxy) is 1. The lowest BCUT2D eigenvalue weighted by Crippen LogP contribution is -2.24. The van der Waals surface area contributed by atoms with Gasteiger partial charge in [0.25, 0.3) is 11.5 Å². The standard InChI is InChI=1S/C32H28N4O3S2/c1-21-14-16-23(17-15-21)36-31(38)29-26-12-5-6-13-27(26)41-30(29)34-32(36)40-20-28(37)35-33-19-22-8-7-11-25(18-22)39-24-9-3-2-4-10-24/h2-4,7-11,14-19H,5-6,12-13,20H2,1H3,(H,35,37). The summed E-state index contributed by atoms with van der Waals surface area (Å²) in [6.07, 6.45) is 5.70. The van der Waals surface area contributed by atoms with E-state index in [1.807, 2.05) is 85.8 Å². The molecule has 1 aliphatic carbocycles. The van der Waals surface area contributed by atoms with Gasteiger partial charge >= 0.3 is 0 Å². The molecule has 206 valence electrons. The summed E-state index contributed by atoms with van der Waals surface area (Å²) < 4.78 is 7.51. The Morgan fingerprint density at radius 3 is 2.66 bits per heavy atom. The minimum Gasteiger partial charge on any atom is -0.457 e. The molecule has 3 aromatic carbocycles. The van der Waals surface area contributed by atoms with Crippen molar-refractivity contribution >= 4 is 45.4 Å². The summed E-state index contributed by atoms with van der Waals surface area (Å²) in [5.74, 6) is 1.18. The van der Waals surface area contributed by atoms with Crippen LogP contribution in [0.15, 0.2) is 93.9 Å². The Hall–Kier alpha value is -4.21. The third-order valence-corrected chi connectivity index (χ3v) is 8.95. The van der Waals surface area contributed by atoms with Crippen LogP contribution < -0.4 is 15.7 Å². The molecule has 6 rings (SSSR count). The molecule has 0 atom stereocenters.